The highest BCUT2D eigenvalue weighted by molar-refractivity contribution is 6.36. The van der Waals surface area contributed by atoms with Crippen molar-refractivity contribution >= 4 is 23.1 Å². The quantitative estimate of drug-likeness (QED) is 0.662. The maximum Gasteiger partial charge on any atom is 0.278 e. The molecule has 0 saturated heterocycles. The van der Waals surface area contributed by atoms with Gasteiger partial charge in [-0.1, -0.05) is 38.1 Å². The average Bonchev–Trinajstić information content (AvgIpc) is 2.89. The Bertz CT molecular complexity index is 988. The largest absolute Gasteiger partial charge is 0.491 e. The van der Waals surface area contributed by atoms with E-state index in [1.54, 1.807) is 0 Å². The number of aryl methyl sites for hydroxylation is 2. The van der Waals surface area contributed by atoms with Crippen molar-refractivity contribution in [3.05, 3.63) is 64.9 Å². The number of ether oxygens (including phenoxy) is 1. The van der Waals surface area contributed by atoms with Crippen LogP contribution in [-0.2, 0) is 9.59 Å². The molecule has 0 unspecified atom stereocenters. The molecular formula is C25H30N2O3. The molecule has 0 spiro atoms. The zero-order valence-corrected chi connectivity index (χ0v) is 18.6. The van der Waals surface area contributed by atoms with Crippen LogP contribution in [0.5, 0.6) is 5.75 Å². The number of imide groups is 1. The molecule has 1 heterocycles. The summed E-state index contributed by atoms with van der Waals surface area (Å²) < 4.78 is 5.71. The Kier molecular flexibility index (Phi) is 6.30. The molecule has 2 aromatic carbocycles. The van der Waals surface area contributed by atoms with Crippen LogP contribution < -0.4 is 10.1 Å². The van der Waals surface area contributed by atoms with E-state index in [2.05, 4.69) is 5.32 Å². The first-order chi connectivity index (χ1) is 14.2. The lowest BCUT2D eigenvalue weighted by Gasteiger charge is -2.17. The molecule has 0 saturated carbocycles. The summed E-state index contributed by atoms with van der Waals surface area (Å²) in [6.45, 7) is 12.3. The predicted octanol–water partition coefficient (Wildman–Crippen LogP) is 4.94. The molecule has 0 radical (unpaired) electrons. The van der Waals surface area contributed by atoms with Crippen molar-refractivity contribution in [1.29, 1.82) is 0 Å². The summed E-state index contributed by atoms with van der Waals surface area (Å²) in [7, 11) is 0. The highest BCUT2D eigenvalue weighted by Crippen LogP contribution is 2.32. The van der Waals surface area contributed by atoms with E-state index in [4.69, 9.17) is 4.74 Å². The molecule has 3 rings (SSSR count). The first-order valence-corrected chi connectivity index (χ1v) is 10.4. The summed E-state index contributed by atoms with van der Waals surface area (Å²) >= 11 is 0. The van der Waals surface area contributed by atoms with E-state index in [9.17, 15) is 9.59 Å². The Labute approximate surface area is 178 Å². The standard InChI is InChI=1S/C25H30N2O3/c1-15(2)14-27-24(28)22(19-9-11-20(12-10-19)30-16(3)4)23(25(27)29)26-21-13-17(5)7-8-18(21)6/h7-13,15-16,26H,14H2,1-6H3. The summed E-state index contributed by atoms with van der Waals surface area (Å²) in [6.07, 6.45) is 0.0628. The number of nitrogens with zero attached hydrogens (tertiary/aromatic N) is 1. The van der Waals surface area contributed by atoms with Gasteiger partial charge >= 0.3 is 0 Å². The Morgan fingerprint density at radius 2 is 1.60 bits per heavy atom. The zero-order valence-electron chi connectivity index (χ0n) is 18.6. The third kappa shape index (κ3) is 4.56. The van der Waals surface area contributed by atoms with Gasteiger partial charge in [0, 0.05) is 12.2 Å². The average molecular weight is 407 g/mol. The van der Waals surface area contributed by atoms with E-state index in [-0.39, 0.29) is 23.8 Å². The maximum absolute atomic E-state index is 13.2. The summed E-state index contributed by atoms with van der Waals surface area (Å²) in [5.74, 6) is 0.362. The topological polar surface area (TPSA) is 58.6 Å². The van der Waals surface area contributed by atoms with Crippen LogP contribution >= 0.6 is 0 Å². The predicted molar refractivity (Wildman–Crippen MR) is 120 cm³/mol. The Morgan fingerprint density at radius 1 is 0.933 bits per heavy atom. The molecule has 0 bridgehead atoms. The fourth-order valence-electron chi connectivity index (χ4n) is 3.47. The number of amides is 2. The molecule has 5 heteroatoms. The van der Waals surface area contributed by atoms with Gasteiger partial charge in [-0.15, -0.1) is 0 Å². The lowest BCUT2D eigenvalue weighted by molar-refractivity contribution is -0.137. The number of rotatable bonds is 7. The molecule has 1 N–H and O–H groups in total. The Morgan fingerprint density at radius 3 is 2.20 bits per heavy atom. The van der Waals surface area contributed by atoms with Gasteiger partial charge in [0.1, 0.15) is 11.4 Å². The minimum Gasteiger partial charge on any atom is -0.491 e. The van der Waals surface area contributed by atoms with Gasteiger partial charge in [-0.25, -0.2) is 0 Å². The minimum atomic E-state index is -0.285. The summed E-state index contributed by atoms with van der Waals surface area (Å²) in [5.41, 5.74) is 4.34. The molecule has 1 aliphatic heterocycles. The van der Waals surface area contributed by atoms with Crippen molar-refractivity contribution in [2.75, 3.05) is 11.9 Å². The van der Waals surface area contributed by atoms with Crippen LogP contribution in [0.2, 0.25) is 0 Å². The molecule has 0 atom stereocenters. The fourth-order valence-corrected chi connectivity index (χ4v) is 3.47. The number of hydrogen-bond donors (Lipinski definition) is 1. The van der Waals surface area contributed by atoms with E-state index in [1.165, 1.54) is 4.90 Å². The van der Waals surface area contributed by atoms with Crippen molar-refractivity contribution in [3.63, 3.8) is 0 Å². The lowest BCUT2D eigenvalue weighted by atomic mass is 10.0. The number of hydrogen-bond acceptors (Lipinski definition) is 4. The summed E-state index contributed by atoms with van der Waals surface area (Å²) in [5, 5.41) is 3.27. The van der Waals surface area contributed by atoms with Crippen molar-refractivity contribution in [2.45, 2.75) is 47.6 Å². The second-order valence-electron chi connectivity index (χ2n) is 8.50. The fraction of sp³-hybridized carbons (Fsp3) is 0.360. The molecule has 5 nitrogen and oxygen atoms in total. The van der Waals surface area contributed by atoms with Gasteiger partial charge in [-0.05, 0) is 68.5 Å². The number of benzene rings is 2. The minimum absolute atomic E-state index is 0.0628. The van der Waals surface area contributed by atoms with Gasteiger partial charge in [-0.2, -0.15) is 0 Å². The monoisotopic (exact) mass is 406 g/mol. The van der Waals surface area contributed by atoms with Crippen LogP contribution in [0, 0.1) is 19.8 Å². The normalized spacial score (nSPS) is 14.3. The Balaban J connectivity index is 2.05. The first kappa shape index (κ1) is 21.6. The van der Waals surface area contributed by atoms with E-state index in [1.807, 2.05) is 84.0 Å². The molecular weight excluding hydrogens is 376 g/mol. The van der Waals surface area contributed by atoms with Crippen LogP contribution in [0.15, 0.2) is 48.2 Å². The molecule has 158 valence electrons. The Hall–Kier alpha value is -3.08. The van der Waals surface area contributed by atoms with Crippen LogP contribution in [0.4, 0.5) is 5.69 Å². The van der Waals surface area contributed by atoms with E-state index < -0.39 is 0 Å². The third-order valence-electron chi connectivity index (χ3n) is 4.88. The van der Waals surface area contributed by atoms with Gasteiger partial charge < -0.3 is 10.1 Å². The van der Waals surface area contributed by atoms with Crippen LogP contribution in [-0.4, -0.2) is 29.4 Å². The number of anilines is 1. The first-order valence-electron chi connectivity index (χ1n) is 10.4. The molecule has 30 heavy (non-hydrogen) atoms. The van der Waals surface area contributed by atoms with Gasteiger partial charge in [-0.3, -0.25) is 14.5 Å². The van der Waals surface area contributed by atoms with E-state index in [0.717, 1.165) is 22.6 Å². The second-order valence-corrected chi connectivity index (χ2v) is 8.50. The molecule has 0 aromatic heterocycles. The van der Waals surface area contributed by atoms with E-state index in [0.29, 0.717) is 23.4 Å². The number of carbonyl (C=O) groups is 2. The van der Waals surface area contributed by atoms with Gasteiger partial charge in [0.05, 0.1) is 11.7 Å². The number of carbonyl (C=O) groups excluding carboxylic acids is 2. The molecule has 0 aliphatic carbocycles. The molecule has 0 fully saturated rings. The highest BCUT2D eigenvalue weighted by Gasteiger charge is 2.39. The maximum atomic E-state index is 13.2. The van der Waals surface area contributed by atoms with E-state index >= 15 is 0 Å². The molecule has 1 aliphatic rings. The van der Waals surface area contributed by atoms with Crippen LogP contribution in [0.25, 0.3) is 5.57 Å². The van der Waals surface area contributed by atoms with Crippen LogP contribution in [0.1, 0.15) is 44.4 Å². The van der Waals surface area contributed by atoms with Crippen molar-refractivity contribution in [3.8, 4) is 5.75 Å². The summed E-state index contributed by atoms with van der Waals surface area (Å²) in [4.78, 5) is 27.8. The van der Waals surface area contributed by atoms with Gasteiger partial charge in [0.15, 0.2) is 0 Å². The SMILES string of the molecule is Cc1ccc(C)c(NC2=C(c3ccc(OC(C)C)cc3)C(=O)N(CC(C)C)C2=O)c1. The highest BCUT2D eigenvalue weighted by atomic mass is 16.5. The summed E-state index contributed by atoms with van der Waals surface area (Å²) in [6, 6.07) is 13.4. The zero-order chi connectivity index (χ0) is 22.0. The van der Waals surface area contributed by atoms with Crippen molar-refractivity contribution in [1.82, 2.24) is 4.90 Å². The van der Waals surface area contributed by atoms with Crippen molar-refractivity contribution < 1.29 is 14.3 Å². The van der Waals surface area contributed by atoms with Gasteiger partial charge in [0.2, 0.25) is 0 Å². The molecule has 2 aromatic rings. The van der Waals surface area contributed by atoms with Crippen LogP contribution in [0.3, 0.4) is 0 Å². The lowest BCUT2D eigenvalue weighted by Crippen LogP contribution is -2.35. The third-order valence-corrected chi connectivity index (χ3v) is 4.88. The van der Waals surface area contributed by atoms with Crippen molar-refractivity contribution in [2.24, 2.45) is 5.92 Å². The second kappa shape index (κ2) is 8.74. The van der Waals surface area contributed by atoms with Gasteiger partial charge in [0.25, 0.3) is 11.8 Å². The number of nitrogens with one attached hydrogen (secondary N) is 1. The molecule has 2 amide bonds. The smallest absolute Gasteiger partial charge is 0.278 e.